The molecule has 0 aromatic heterocycles. The second kappa shape index (κ2) is 6.89. The van der Waals surface area contributed by atoms with Crippen LogP contribution in [0.2, 0.25) is 0 Å². The van der Waals surface area contributed by atoms with Crippen LogP contribution in [-0.2, 0) is 4.79 Å². The molecule has 1 atom stereocenters. The zero-order valence-electron chi connectivity index (χ0n) is 11.3. The molecule has 0 spiro atoms. The van der Waals surface area contributed by atoms with E-state index in [9.17, 15) is 9.59 Å². The minimum absolute atomic E-state index is 0.0732. The summed E-state index contributed by atoms with van der Waals surface area (Å²) in [4.78, 5) is 22.8. The van der Waals surface area contributed by atoms with Gasteiger partial charge in [-0.2, -0.15) is 0 Å². The Balaban J connectivity index is 2.70. The van der Waals surface area contributed by atoms with Crippen LogP contribution in [0.15, 0.2) is 18.2 Å². The van der Waals surface area contributed by atoms with Gasteiger partial charge in [0.15, 0.2) is 0 Å². The van der Waals surface area contributed by atoms with Crippen LogP contribution >= 0.6 is 0 Å². The van der Waals surface area contributed by atoms with Gasteiger partial charge in [-0.15, -0.1) is 0 Å². The Hall–Kier alpha value is -1.88. The van der Waals surface area contributed by atoms with E-state index in [1.807, 2.05) is 6.92 Å². The SMILES string of the molecule is Cc1cc(NC(=O)C(C)CCCN)ccc1C(=O)O. The molecule has 0 aliphatic carbocycles. The highest BCUT2D eigenvalue weighted by Crippen LogP contribution is 2.17. The molecule has 1 aromatic rings. The molecule has 5 heteroatoms. The fraction of sp³-hybridized carbons (Fsp3) is 0.429. The molecule has 19 heavy (non-hydrogen) atoms. The minimum Gasteiger partial charge on any atom is -0.478 e. The summed E-state index contributed by atoms with van der Waals surface area (Å²) >= 11 is 0. The smallest absolute Gasteiger partial charge is 0.335 e. The lowest BCUT2D eigenvalue weighted by atomic mass is 10.0. The molecule has 0 saturated heterocycles. The summed E-state index contributed by atoms with van der Waals surface area (Å²) in [5, 5.41) is 11.7. The van der Waals surface area contributed by atoms with Gasteiger partial charge in [-0.05, 0) is 50.1 Å². The summed E-state index contributed by atoms with van der Waals surface area (Å²) in [7, 11) is 0. The summed E-state index contributed by atoms with van der Waals surface area (Å²) in [6, 6.07) is 4.76. The number of amides is 1. The third-order valence-electron chi connectivity index (χ3n) is 3.01. The first-order chi connectivity index (χ1) is 8.95. The van der Waals surface area contributed by atoms with Gasteiger partial charge < -0.3 is 16.2 Å². The maximum absolute atomic E-state index is 11.9. The first-order valence-electron chi connectivity index (χ1n) is 6.30. The number of aryl methyl sites for hydroxylation is 1. The van der Waals surface area contributed by atoms with Crippen molar-refractivity contribution < 1.29 is 14.7 Å². The molecule has 0 radical (unpaired) electrons. The third-order valence-corrected chi connectivity index (χ3v) is 3.01. The van der Waals surface area contributed by atoms with Crippen molar-refractivity contribution in [2.24, 2.45) is 11.7 Å². The second-order valence-corrected chi connectivity index (χ2v) is 4.66. The Bertz CT molecular complexity index is 472. The van der Waals surface area contributed by atoms with E-state index in [0.29, 0.717) is 17.8 Å². The first-order valence-corrected chi connectivity index (χ1v) is 6.30. The number of nitrogens with two attached hydrogens (primary N) is 1. The molecule has 0 aliphatic heterocycles. The summed E-state index contributed by atoms with van der Waals surface area (Å²) < 4.78 is 0. The molecule has 104 valence electrons. The highest BCUT2D eigenvalue weighted by Gasteiger charge is 2.13. The molecule has 1 rings (SSSR count). The molecule has 0 fully saturated rings. The van der Waals surface area contributed by atoms with Gasteiger partial charge in [0.1, 0.15) is 0 Å². The van der Waals surface area contributed by atoms with Crippen molar-refractivity contribution in [1.82, 2.24) is 0 Å². The van der Waals surface area contributed by atoms with Gasteiger partial charge in [-0.1, -0.05) is 6.92 Å². The molecule has 0 aliphatic rings. The van der Waals surface area contributed by atoms with Gasteiger partial charge in [0.2, 0.25) is 5.91 Å². The van der Waals surface area contributed by atoms with E-state index in [2.05, 4.69) is 5.32 Å². The van der Waals surface area contributed by atoms with Gasteiger partial charge in [-0.25, -0.2) is 4.79 Å². The summed E-state index contributed by atoms with van der Waals surface area (Å²) in [5.41, 5.74) is 6.89. The number of benzene rings is 1. The van der Waals surface area contributed by atoms with Crippen molar-refractivity contribution in [1.29, 1.82) is 0 Å². The van der Waals surface area contributed by atoms with Crippen LogP contribution < -0.4 is 11.1 Å². The Morgan fingerprint density at radius 1 is 1.42 bits per heavy atom. The van der Waals surface area contributed by atoms with Crippen molar-refractivity contribution in [3.8, 4) is 0 Å². The molecule has 5 nitrogen and oxygen atoms in total. The number of hydrogen-bond donors (Lipinski definition) is 3. The predicted molar refractivity (Wildman–Crippen MR) is 74.2 cm³/mol. The number of anilines is 1. The topological polar surface area (TPSA) is 92.4 Å². The maximum Gasteiger partial charge on any atom is 0.335 e. The van der Waals surface area contributed by atoms with Gasteiger partial charge in [0, 0.05) is 11.6 Å². The Morgan fingerprint density at radius 3 is 2.63 bits per heavy atom. The number of hydrogen-bond acceptors (Lipinski definition) is 3. The number of nitrogens with one attached hydrogen (secondary N) is 1. The van der Waals surface area contributed by atoms with Crippen LogP contribution in [0.4, 0.5) is 5.69 Å². The van der Waals surface area contributed by atoms with Crippen LogP contribution in [0.5, 0.6) is 0 Å². The zero-order chi connectivity index (χ0) is 14.4. The van der Waals surface area contributed by atoms with Crippen molar-refractivity contribution in [3.63, 3.8) is 0 Å². The van der Waals surface area contributed by atoms with E-state index < -0.39 is 5.97 Å². The number of carbonyl (C=O) groups is 2. The van der Waals surface area contributed by atoms with Crippen LogP contribution in [-0.4, -0.2) is 23.5 Å². The van der Waals surface area contributed by atoms with E-state index >= 15 is 0 Å². The second-order valence-electron chi connectivity index (χ2n) is 4.66. The Kier molecular flexibility index (Phi) is 5.51. The number of aromatic carboxylic acids is 1. The number of carboxylic acid groups (broad SMARTS) is 1. The first kappa shape index (κ1) is 15.2. The quantitative estimate of drug-likeness (QED) is 0.732. The molecule has 0 saturated carbocycles. The lowest BCUT2D eigenvalue weighted by Crippen LogP contribution is -2.21. The van der Waals surface area contributed by atoms with E-state index in [1.165, 1.54) is 6.07 Å². The lowest BCUT2D eigenvalue weighted by molar-refractivity contribution is -0.119. The summed E-state index contributed by atoms with van der Waals surface area (Å²) in [5.74, 6) is -1.15. The van der Waals surface area contributed by atoms with Gasteiger partial charge in [-0.3, -0.25) is 4.79 Å². The van der Waals surface area contributed by atoms with Crippen LogP contribution in [0, 0.1) is 12.8 Å². The number of carbonyl (C=O) groups excluding carboxylic acids is 1. The van der Waals surface area contributed by atoms with E-state index in [-0.39, 0.29) is 17.4 Å². The maximum atomic E-state index is 11.9. The lowest BCUT2D eigenvalue weighted by Gasteiger charge is -2.12. The number of carboxylic acids is 1. The summed E-state index contributed by atoms with van der Waals surface area (Å²) in [6.45, 7) is 4.13. The van der Waals surface area contributed by atoms with Crippen molar-refractivity contribution in [3.05, 3.63) is 29.3 Å². The minimum atomic E-state index is -0.966. The molecule has 1 unspecified atom stereocenters. The van der Waals surface area contributed by atoms with Crippen molar-refractivity contribution in [2.45, 2.75) is 26.7 Å². The molecule has 1 amide bonds. The fourth-order valence-electron chi connectivity index (χ4n) is 1.80. The van der Waals surface area contributed by atoms with E-state index in [0.717, 1.165) is 12.8 Å². The van der Waals surface area contributed by atoms with E-state index in [4.69, 9.17) is 10.8 Å². The average Bonchev–Trinajstić information content (AvgIpc) is 2.35. The van der Waals surface area contributed by atoms with E-state index in [1.54, 1.807) is 19.1 Å². The van der Waals surface area contributed by atoms with Crippen LogP contribution in [0.25, 0.3) is 0 Å². The van der Waals surface area contributed by atoms with Gasteiger partial charge in [0.25, 0.3) is 0 Å². The van der Waals surface area contributed by atoms with Gasteiger partial charge in [0.05, 0.1) is 5.56 Å². The van der Waals surface area contributed by atoms with Crippen molar-refractivity contribution >= 4 is 17.6 Å². The fourth-order valence-corrected chi connectivity index (χ4v) is 1.80. The molecule has 0 bridgehead atoms. The monoisotopic (exact) mass is 264 g/mol. The highest BCUT2D eigenvalue weighted by atomic mass is 16.4. The summed E-state index contributed by atoms with van der Waals surface area (Å²) in [6.07, 6.45) is 1.56. The van der Waals surface area contributed by atoms with Crippen LogP contribution in [0.1, 0.15) is 35.7 Å². The van der Waals surface area contributed by atoms with Crippen LogP contribution in [0.3, 0.4) is 0 Å². The normalized spacial score (nSPS) is 11.9. The van der Waals surface area contributed by atoms with Gasteiger partial charge >= 0.3 is 5.97 Å². The molecule has 4 N–H and O–H groups in total. The Labute approximate surface area is 112 Å². The zero-order valence-corrected chi connectivity index (χ0v) is 11.3. The largest absolute Gasteiger partial charge is 0.478 e. The Morgan fingerprint density at radius 2 is 2.11 bits per heavy atom. The number of rotatable bonds is 6. The predicted octanol–water partition coefficient (Wildman–Crippen LogP) is 2.01. The molecular formula is C14H20N2O3. The molecule has 0 heterocycles. The third kappa shape index (κ3) is 4.37. The molecular weight excluding hydrogens is 244 g/mol. The van der Waals surface area contributed by atoms with Crippen molar-refractivity contribution in [2.75, 3.05) is 11.9 Å². The highest BCUT2D eigenvalue weighted by molar-refractivity contribution is 5.94. The average molecular weight is 264 g/mol. The molecule has 1 aromatic carbocycles. The standard InChI is InChI=1S/C14H20N2O3/c1-9(4-3-7-15)13(17)16-11-5-6-12(14(18)19)10(2)8-11/h5-6,8-9H,3-4,7,15H2,1-2H3,(H,16,17)(H,18,19).